The normalized spacial score (nSPS) is 21.9. The van der Waals surface area contributed by atoms with Gasteiger partial charge < -0.3 is 20.1 Å². The average Bonchev–Trinajstić information content (AvgIpc) is 3.25. The van der Waals surface area contributed by atoms with Crippen molar-refractivity contribution in [1.29, 1.82) is 5.26 Å². The molecule has 2 amide bonds. The molecule has 2 heterocycles. The number of hydrogen-bond donors (Lipinski definition) is 1. The third kappa shape index (κ3) is 3.63. The molecule has 8 nitrogen and oxygen atoms in total. The van der Waals surface area contributed by atoms with E-state index in [9.17, 15) is 9.59 Å². The molecule has 2 fully saturated rings. The van der Waals surface area contributed by atoms with Crippen molar-refractivity contribution in [3.8, 4) is 17.6 Å². The second kappa shape index (κ2) is 7.48. The van der Waals surface area contributed by atoms with Crippen LogP contribution in [0, 0.1) is 22.7 Å². The Bertz CT molecular complexity index is 1060. The third-order valence-corrected chi connectivity index (χ3v) is 5.83. The molecule has 4 rings (SSSR count). The summed E-state index contributed by atoms with van der Waals surface area (Å²) in [4.78, 5) is 30.0. The number of benzene rings is 1. The number of nitriles is 1. The largest absolute Gasteiger partial charge is 0.492 e. The first-order chi connectivity index (χ1) is 14.3. The van der Waals surface area contributed by atoms with Crippen LogP contribution in [-0.2, 0) is 4.79 Å². The molecule has 2 N–H and O–H groups in total. The van der Waals surface area contributed by atoms with Crippen LogP contribution in [0.2, 0.25) is 0 Å². The molecule has 2 aliphatic rings. The molecular formula is C22H24N4O4. The monoisotopic (exact) mass is 408 g/mol. The Hall–Kier alpha value is -3.34. The van der Waals surface area contributed by atoms with Crippen molar-refractivity contribution in [2.45, 2.75) is 32.8 Å². The van der Waals surface area contributed by atoms with E-state index in [0.717, 1.165) is 11.8 Å². The number of carbonyl (C=O) groups is 2. The van der Waals surface area contributed by atoms with E-state index in [1.54, 1.807) is 29.3 Å². The zero-order chi connectivity index (χ0) is 21.5. The molecule has 156 valence electrons. The maximum absolute atomic E-state index is 12.0. The first-order valence-electron chi connectivity index (χ1n) is 10.00. The van der Waals surface area contributed by atoms with Gasteiger partial charge in [0.25, 0.3) is 5.91 Å². The number of amides is 2. The number of hydrogen-bond acceptors (Lipinski definition) is 6. The lowest BCUT2D eigenvalue weighted by Crippen LogP contribution is -2.32. The molecule has 1 unspecified atom stereocenters. The smallest absolute Gasteiger partial charge is 0.252 e. The summed E-state index contributed by atoms with van der Waals surface area (Å²) in [6.45, 7) is 5.54. The van der Waals surface area contributed by atoms with Gasteiger partial charge in [0.2, 0.25) is 5.91 Å². The summed E-state index contributed by atoms with van der Waals surface area (Å²) in [6.07, 6.45) is 2.44. The van der Waals surface area contributed by atoms with Gasteiger partial charge in [-0.25, -0.2) is 0 Å². The van der Waals surface area contributed by atoms with Gasteiger partial charge in [-0.15, -0.1) is 0 Å². The van der Waals surface area contributed by atoms with Crippen LogP contribution in [0.25, 0.3) is 10.9 Å². The van der Waals surface area contributed by atoms with Crippen LogP contribution < -0.4 is 15.2 Å². The fourth-order valence-electron chi connectivity index (χ4n) is 4.23. The van der Waals surface area contributed by atoms with E-state index < -0.39 is 5.91 Å². The number of carbonyl (C=O) groups excluding carboxylic acids is 2. The van der Waals surface area contributed by atoms with Gasteiger partial charge in [0.1, 0.15) is 17.9 Å². The second-order valence-corrected chi connectivity index (χ2v) is 8.37. The summed E-state index contributed by atoms with van der Waals surface area (Å²) in [5, 5.41) is 9.49. The van der Waals surface area contributed by atoms with Crippen molar-refractivity contribution in [1.82, 2.24) is 9.88 Å². The first kappa shape index (κ1) is 20.0. The minimum Gasteiger partial charge on any atom is -0.492 e. The molecular weight excluding hydrogens is 384 g/mol. The topological polar surface area (TPSA) is 119 Å². The van der Waals surface area contributed by atoms with Gasteiger partial charge in [0.05, 0.1) is 29.9 Å². The molecule has 1 saturated carbocycles. The van der Waals surface area contributed by atoms with Gasteiger partial charge in [-0.1, -0.05) is 0 Å². The first-order valence-corrected chi connectivity index (χ1v) is 10.00. The van der Waals surface area contributed by atoms with Gasteiger partial charge in [0, 0.05) is 30.1 Å². The summed E-state index contributed by atoms with van der Waals surface area (Å²) >= 11 is 0. The van der Waals surface area contributed by atoms with E-state index in [1.165, 1.54) is 0 Å². The Morgan fingerprint density at radius 2 is 2.20 bits per heavy atom. The van der Waals surface area contributed by atoms with Crippen molar-refractivity contribution in [2.24, 2.45) is 17.1 Å². The molecule has 1 saturated heterocycles. The summed E-state index contributed by atoms with van der Waals surface area (Å²) in [6, 6.07) is 7.08. The summed E-state index contributed by atoms with van der Waals surface area (Å²) < 4.78 is 12.0. The number of primary amides is 1. The predicted octanol–water partition coefficient (Wildman–Crippen LogP) is 2.26. The maximum Gasteiger partial charge on any atom is 0.252 e. The number of nitrogens with zero attached hydrogens (tertiary/aromatic N) is 3. The van der Waals surface area contributed by atoms with E-state index in [1.807, 2.05) is 19.9 Å². The lowest BCUT2D eigenvalue weighted by atomic mass is 10.1. The van der Waals surface area contributed by atoms with E-state index in [2.05, 4.69) is 4.98 Å². The van der Waals surface area contributed by atoms with Crippen LogP contribution in [-0.4, -0.2) is 47.5 Å². The molecule has 1 aromatic carbocycles. The number of nitrogens with two attached hydrogens (primary N) is 1. The maximum atomic E-state index is 12.0. The highest BCUT2D eigenvalue weighted by Gasteiger charge is 2.61. The number of piperidine rings is 1. The van der Waals surface area contributed by atoms with Crippen molar-refractivity contribution in [3.63, 3.8) is 0 Å². The van der Waals surface area contributed by atoms with Crippen LogP contribution in [0.3, 0.4) is 0 Å². The Balaban J connectivity index is 1.56. The zero-order valence-electron chi connectivity index (χ0n) is 17.1. The van der Waals surface area contributed by atoms with Gasteiger partial charge in [-0.2, -0.15) is 5.26 Å². The van der Waals surface area contributed by atoms with Crippen molar-refractivity contribution in [2.75, 3.05) is 19.7 Å². The standard InChI is InChI=1S/C22H24N4O4/c1-13(2)30-19-8-15-17(7-16(19)21(24)28)25-6-4-18(15)29-12-22-9-14(22)10-26(11-22)20(27)3-5-23/h4,6-8,13-14H,3,9-12H2,1-2H3,(H2,24,28)/t14?,22-/m0/s1. The highest BCUT2D eigenvalue weighted by molar-refractivity contribution is 6.01. The van der Waals surface area contributed by atoms with Gasteiger partial charge in [-0.3, -0.25) is 14.6 Å². The zero-order valence-corrected chi connectivity index (χ0v) is 17.1. The van der Waals surface area contributed by atoms with Crippen molar-refractivity contribution in [3.05, 3.63) is 30.0 Å². The minimum absolute atomic E-state index is 0.0505. The fourth-order valence-corrected chi connectivity index (χ4v) is 4.23. The van der Waals surface area contributed by atoms with Crippen LogP contribution in [0.15, 0.2) is 24.4 Å². The number of pyridine rings is 1. The molecule has 0 spiro atoms. The summed E-state index contributed by atoms with van der Waals surface area (Å²) in [7, 11) is 0. The number of rotatable bonds is 7. The Morgan fingerprint density at radius 3 is 2.90 bits per heavy atom. The van der Waals surface area contributed by atoms with E-state index in [0.29, 0.717) is 42.6 Å². The highest BCUT2D eigenvalue weighted by Crippen LogP contribution is 2.58. The fraction of sp³-hybridized carbons (Fsp3) is 0.455. The lowest BCUT2D eigenvalue weighted by molar-refractivity contribution is -0.129. The molecule has 2 aromatic rings. The molecule has 0 bridgehead atoms. The quantitative estimate of drug-likeness (QED) is 0.751. The van der Waals surface area contributed by atoms with Crippen LogP contribution in [0.1, 0.15) is 37.0 Å². The molecule has 1 aromatic heterocycles. The summed E-state index contributed by atoms with van der Waals surface area (Å²) in [5.74, 6) is 0.766. The van der Waals surface area contributed by atoms with Gasteiger partial charge >= 0.3 is 0 Å². The Kier molecular flexibility index (Phi) is 4.98. The number of fused-ring (bicyclic) bond motifs is 2. The number of likely N-dealkylation sites (tertiary alicyclic amines) is 1. The number of aromatic nitrogens is 1. The molecule has 1 aliphatic heterocycles. The molecule has 8 heteroatoms. The van der Waals surface area contributed by atoms with Gasteiger partial charge in [0.15, 0.2) is 0 Å². The van der Waals surface area contributed by atoms with Crippen molar-refractivity contribution >= 4 is 22.7 Å². The van der Waals surface area contributed by atoms with Crippen LogP contribution in [0.5, 0.6) is 11.5 Å². The highest BCUT2D eigenvalue weighted by atomic mass is 16.5. The van der Waals surface area contributed by atoms with Crippen LogP contribution >= 0.6 is 0 Å². The number of ether oxygens (including phenoxy) is 2. The van der Waals surface area contributed by atoms with Crippen LogP contribution in [0.4, 0.5) is 0 Å². The van der Waals surface area contributed by atoms with Gasteiger partial charge in [-0.05, 0) is 44.4 Å². The molecule has 0 radical (unpaired) electrons. The molecule has 1 aliphatic carbocycles. The van der Waals surface area contributed by atoms with Crippen molar-refractivity contribution < 1.29 is 19.1 Å². The third-order valence-electron chi connectivity index (χ3n) is 5.83. The average molecular weight is 408 g/mol. The lowest BCUT2D eigenvalue weighted by Gasteiger charge is -2.21. The minimum atomic E-state index is -0.575. The Morgan fingerprint density at radius 1 is 1.40 bits per heavy atom. The second-order valence-electron chi connectivity index (χ2n) is 8.37. The molecule has 30 heavy (non-hydrogen) atoms. The Labute approximate surface area is 174 Å². The van der Waals surface area contributed by atoms with E-state index >= 15 is 0 Å². The predicted molar refractivity (Wildman–Crippen MR) is 109 cm³/mol. The molecule has 2 atom stereocenters. The SMILES string of the molecule is CC(C)Oc1cc2c(OC[C@@]34CC3CN(C(=O)CC#N)C4)ccnc2cc1C(N)=O. The van der Waals surface area contributed by atoms with E-state index in [4.69, 9.17) is 20.5 Å². The van der Waals surface area contributed by atoms with E-state index in [-0.39, 0.29) is 29.4 Å². The summed E-state index contributed by atoms with van der Waals surface area (Å²) in [5.41, 5.74) is 6.34.